The van der Waals surface area contributed by atoms with E-state index in [0.717, 1.165) is 35.4 Å². The number of sulfone groups is 1. The molecule has 7 nitrogen and oxygen atoms in total. The second kappa shape index (κ2) is 8.94. The zero-order valence-corrected chi connectivity index (χ0v) is 22.6. The smallest absolute Gasteiger partial charge is 0.147 e. The number of nitrogens with zero attached hydrogens (tertiary/aromatic N) is 5. The van der Waals surface area contributed by atoms with Gasteiger partial charge < -0.3 is 0 Å². The fraction of sp³-hybridized carbons (Fsp3) is 0.345. The third kappa shape index (κ3) is 4.04. The van der Waals surface area contributed by atoms with Gasteiger partial charge in [-0.25, -0.2) is 22.2 Å². The maximum absolute atomic E-state index is 14.5. The summed E-state index contributed by atoms with van der Waals surface area (Å²) in [6.45, 7) is 4.37. The first-order chi connectivity index (χ1) is 18.5. The number of rotatable bonds is 6. The molecule has 2 bridgehead atoms. The Bertz CT molecular complexity index is 1690. The summed E-state index contributed by atoms with van der Waals surface area (Å²) in [4.78, 5) is 14.0. The Kier molecular flexibility index (Phi) is 5.87. The van der Waals surface area contributed by atoms with E-state index in [-0.39, 0.29) is 28.3 Å². The molecule has 2 aliphatic carbocycles. The molecule has 10 heteroatoms. The highest BCUT2D eigenvalue weighted by molar-refractivity contribution is 7.90. The zero-order valence-electron chi connectivity index (χ0n) is 21.8. The quantitative estimate of drug-likeness (QED) is 0.333. The fourth-order valence-corrected chi connectivity index (χ4v) is 7.06. The largest absolute Gasteiger partial charge is 0.261 e. The fourth-order valence-electron chi connectivity index (χ4n) is 6.48. The molecule has 0 saturated heterocycles. The highest BCUT2D eigenvalue weighted by atomic mass is 32.2. The summed E-state index contributed by atoms with van der Waals surface area (Å²) in [5, 5.41) is 8.88. The molecule has 2 atom stereocenters. The van der Waals surface area contributed by atoms with Crippen LogP contribution in [0.5, 0.6) is 0 Å². The summed E-state index contributed by atoms with van der Waals surface area (Å²) >= 11 is 0. The van der Waals surface area contributed by atoms with E-state index in [2.05, 4.69) is 34.0 Å². The van der Waals surface area contributed by atoms with Gasteiger partial charge in [0.1, 0.15) is 21.5 Å². The summed E-state index contributed by atoms with van der Waals surface area (Å²) < 4.78 is 52.1. The van der Waals surface area contributed by atoms with Crippen LogP contribution < -0.4 is 0 Å². The van der Waals surface area contributed by atoms with Crippen molar-refractivity contribution < 1.29 is 17.2 Å². The van der Waals surface area contributed by atoms with E-state index in [1.807, 2.05) is 12.1 Å². The molecule has 0 N–H and O–H groups in total. The highest BCUT2D eigenvalue weighted by Gasteiger charge is 2.65. The van der Waals surface area contributed by atoms with Gasteiger partial charge >= 0.3 is 0 Å². The lowest BCUT2D eigenvalue weighted by Crippen LogP contribution is -2.38. The maximum atomic E-state index is 14.5. The van der Waals surface area contributed by atoms with Crippen molar-refractivity contribution >= 4 is 9.84 Å². The molecule has 1 saturated carbocycles. The van der Waals surface area contributed by atoms with Crippen LogP contribution in [0.3, 0.4) is 0 Å². The molecule has 200 valence electrons. The number of pyridine rings is 1. The maximum Gasteiger partial charge on any atom is 0.147 e. The van der Waals surface area contributed by atoms with Crippen LogP contribution in [-0.4, -0.2) is 45.6 Å². The Morgan fingerprint density at radius 1 is 1.00 bits per heavy atom. The molecule has 6 rings (SSSR count). The van der Waals surface area contributed by atoms with Crippen molar-refractivity contribution in [3.63, 3.8) is 0 Å². The van der Waals surface area contributed by atoms with Gasteiger partial charge in [0.15, 0.2) is 0 Å². The normalized spacial score (nSPS) is 21.2. The third-order valence-electron chi connectivity index (χ3n) is 8.52. The monoisotopic (exact) mass is 547 g/mol. The number of halogens is 2. The SMILES string of the molecule is CC1(C)[C@H]2CC[C@]1(c1cncc(-c3ccc(CCS(C)(=O)=O)nc3)n1)c1nnc(-c3c(F)cccc3F)cc12. The molecule has 0 aliphatic heterocycles. The van der Waals surface area contributed by atoms with Gasteiger partial charge in [-0.15, -0.1) is 5.10 Å². The first kappa shape index (κ1) is 25.6. The molecule has 4 aromatic rings. The van der Waals surface area contributed by atoms with E-state index >= 15 is 0 Å². The van der Waals surface area contributed by atoms with Gasteiger partial charge in [-0.05, 0) is 60.1 Å². The number of hydrogen-bond donors (Lipinski definition) is 0. The van der Waals surface area contributed by atoms with Crippen LogP contribution in [0.15, 0.2) is 55.0 Å². The minimum absolute atomic E-state index is 0.0408. The molecule has 1 fully saturated rings. The molecule has 0 spiro atoms. The summed E-state index contributed by atoms with van der Waals surface area (Å²) in [5.74, 6) is -1.18. The van der Waals surface area contributed by atoms with E-state index in [1.165, 1.54) is 24.5 Å². The Hall–Kier alpha value is -3.66. The first-order valence-electron chi connectivity index (χ1n) is 12.8. The summed E-state index contributed by atoms with van der Waals surface area (Å²) in [7, 11) is -3.07. The summed E-state index contributed by atoms with van der Waals surface area (Å²) in [6, 6.07) is 9.24. The molecule has 1 aromatic carbocycles. The molecule has 3 aromatic heterocycles. The predicted octanol–water partition coefficient (Wildman–Crippen LogP) is 5.06. The van der Waals surface area contributed by atoms with Crippen molar-refractivity contribution in [2.45, 2.75) is 44.4 Å². The highest BCUT2D eigenvalue weighted by Crippen LogP contribution is 2.69. The zero-order chi connectivity index (χ0) is 27.6. The van der Waals surface area contributed by atoms with E-state index < -0.39 is 26.9 Å². The molecule has 3 heterocycles. The standard InChI is InChI=1S/C29H27F2N5O2S/c1-28(2)20-9-11-29(28,27-19(20)13-23(35-36-27)26-21(30)5-4-6-22(26)31)25-16-32-15-24(34-25)17-7-8-18(33-14-17)10-12-39(3,37)38/h4-8,13-16,20H,9-12H2,1-3H3/t20-,29-/m0/s1. The van der Waals surface area contributed by atoms with Gasteiger partial charge in [-0.1, -0.05) is 19.9 Å². The number of aryl methyl sites for hydroxylation is 1. The predicted molar refractivity (Wildman–Crippen MR) is 143 cm³/mol. The van der Waals surface area contributed by atoms with Crippen molar-refractivity contribution in [2.24, 2.45) is 5.41 Å². The number of aromatic nitrogens is 5. The minimum Gasteiger partial charge on any atom is -0.261 e. The van der Waals surface area contributed by atoms with E-state index in [1.54, 1.807) is 24.7 Å². The van der Waals surface area contributed by atoms with Gasteiger partial charge in [0.05, 0.1) is 45.7 Å². The molecule has 0 radical (unpaired) electrons. The van der Waals surface area contributed by atoms with Crippen LogP contribution in [0.4, 0.5) is 8.78 Å². The average molecular weight is 548 g/mol. The lowest BCUT2D eigenvalue weighted by Gasteiger charge is -2.37. The lowest BCUT2D eigenvalue weighted by molar-refractivity contribution is 0.242. The molecule has 2 aliphatic rings. The Labute approximate surface area is 225 Å². The van der Waals surface area contributed by atoms with Gasteiger partial charge in [-0.3, -0.25) is 9.97 Å². The van der Waals surface area contributed by atoms with Crippen LogP contribution in [0.1, 0.15) is 55.3 Å². The minimum atomic E-state index is -3.07. The third-order valence-corrected chi connectivity index (χ3v) is 9.47. The first-order valence-corrected chi connectivity index (χ1v) is 14.9. The Balaban J connectivity index is 1.39. The lowest BCUT2D eigenvalue weighted by atomic mass is 9.66. The average Bonchev–Trinajstić information content (AvgIpc) is 3.28. The van der Waals surface area contributed by atoms with Crippen LogP contribution in [-0.2, 0) is 21.7 Å². The van der Waals surface area contributed by atoms with Crippen LogP contribution in [0, 0.1) is 17.0 Å². The number of hydrogen-bond acceptors (Lipinski definition) is 7. The summed E-state index contributed by atoms with van der Waals surface area (Å²) in [6.07, 6.45) is 8.37. The van der Waals surface area contributed by atoms with Crippen molar-refractivity contribution in [3.8, 4) is 22.5 Å². The van der Waals surface area contributed by atoms with Gasteiger partial charge in [0.25, 0.3) is 0 Å². The van der Waals surface area contributed by atoms with E-state index in [9.17, 15) is 17.2 Å². The van der Waals surface area contributed by atoms with Crippen LogP contribution in [0.2, 0.25) is 0 Å². The second-order valence-corrected chi connectivity index (χ2v) is 13.3. The second-order valence-electron chi connectivity index (χ2n) is 11.1. The van der Waals surface area contributed by atoms with Crippen molar-refractivity contribution in [2.75, 3.05) is 12.0 Å². The van der Waals surface area contributed by atoms with Crippen LogP contribution >= 0.6 is 0 Å². The van der Waals surface area contributed by atoms with Gasteiger partial charge in [-0.2, -0.15) is 5.10 Å². The Morgan fingerprint density at radius 2 is 1.77 bits per heavy atom. The van der Waals surface area contributed by atoms with E-state index in [4.69, 9.17) is 4.98 Å². The molecular weight excluding hydrogens is 520 g/mol. The van der Waals surface area contributed by atoms with Gasteiger partial charge in [0, 0.05) is 36.3 Å². The molecule has 0 unspecified atom stereocenters. The molecular formula is C29H27F2N5O2S. The topological polar surface area (TPSA) is 98.6 Å². The molecule has 0 amide bonds. The van der Waals surface area contributed by atoms with Crippen molar-refractivity contribution in [1.29, 1.82) is 0 Å². The van der Waals surface area contributed by atoms with E-state index in [0.29, 0.717) is 17.8 Å². The molecule has 39 heavy (non-hydrogen) atoms. The number of benzene rings is 1. The van der Waals surface area contributed by atoms with Crippen molar-refractivity contribution in [3.05, 3.63) is 89.3 Å². The number of fused-ring (bicyclic) bond motifs is 5. The van der Waals surface area contributed by atoms with Crippen molar-refractivity contribution in [1.82, 2.24) is 25.1 Å². The van der Waals surface area contributed by atoms with Crippen LogP contribution in [0.25, 0.3) is 22.5 Å². The van der Waals surface area contributed by atoms with Gasteiger partial charge in [0.2, 0.25) is 0 Å². The Morgan fingerprint density at radius 3 is 2.46 bits per heavy atom. The summed E-state index contributed by atoms with van der Waals surface area (Å²) in [5.41, 5.74) is 3.78.